The standard InChI is InChI=1S/C28H29FN8/c1-28(2,3)16-33-26-19(13-31)14-32-25-18(12-30)10-21(11-23(25)26)34-27(17-4-6-20(29)7-5-17)24-15-37(36-35-24)22-8-9-22/h4-7,10-11,14-15,22,27,34-36H,8-9,16H2,1-3H3,(H,32,33)/i27D. The minimum absolute atomic E-state index is 0.0593. The van der Waals surface area contributed by atoms with E-state index in [0.29, 0.717) is 57.3 Å². The van der Waals surface area contributed by atoms with Crippen LogP contribution in [-0.4, -0.2) is 22.6 Å². The van der Waals surface area contributed by atoms with E-state index in [9.17, 15) is 16.3 Å². The SMILES string of the molecule is [2H]C(Nc1cc(C#N)c2ncc(C#N)c(NCC(C)(C)C)c2c1)(C1=CN(C2CC2)NN1)c1ccc(F)cc1. The van der Waals surface area contributed by atoms with Gasteiger partial charge in [0.2, 0.25) is 0 Å². The van der Waals surface area contributed by atoms with Gasteiger partial charge in [0.25, 0.3) is 0 Å². The number of nitriles is 2. The summed E-state index contributed by atoms with van der Waals surface area (Å²) in [6.07, 6.45) is 5.43. The van der Waals surface area contributed by atoms with Gasteiger partial charge in [-0.15, -0.1) is 5.53 Å². The summed E-state index contributed by atoms with van der Waals surface area (Å²) in [7, 11) is 0. The van der Waals surface area contributed by atoms with Crippen LogP contribution in [0.4, 0.5) is 15.8 Å². The molecule has 0 spiro atoms. The topological polar surface area (TPSA) is 112 Å². The number of rotatable bonds is 7. The summed E-state index contributed by atoms with van der Waals surface area (Å²) >= 11 is 0. The molecule has 3 aromatic rings. The van der Waals surface area contributed by atoms with Gasteiger partial charge in [0, 0.05) is 36.1 Å². The third-order valence-corrected chi connectivity index (χ3v) is 6.21. The van der Waals surface area contributed by atoms with Gasteiger partial charge in [0.05, 0.1) is 35.4 Å². The summed E-state index contributed by atoms with van der Waals surface area (Å²) in [6, 6.07) is 12.4. The van der Waals surface area contributed by atoms with Crippen LogP contribution in [0.25, 0.3) is 10.9 Å². The van der Waals surface area contributed by atoms with Crippen molar-refractivity contribution in [3.8, 4) is 12.1 Å². The second-order valence-corrected chi connectivity index (χ2v) is 10.5. The Morgan fingerprint density at radius 3 is 2.57 bits per heavy atom. The van der Waals surface area contributed by atoms with Crippen LogP contribution in [0.2, 0.25) is 0 Å². The van der Waals surface area contributed by atoms with Gasteiger partial charge in [-0.3, -0.25) is 9.99 Å². The fourth-order valence-corrected chi connectivity index (χ4v) is 4.15. The monoisotopic (exact) mass is 497 g/mol. The molecule has 2 heterocycles. The van der Waals surface area contributed by atoms with Gasteiger partial charge in [0.1, 0.15) is 18.0 Å². The van der Waals surface area contributed by atoms with Crippen molar-refractivity contribution in [2.75, 3.05) is 17.2 Å². The average molecular weight is 498 g/mol. The molecule has 1 unspecified atom stereocenters. The average Bonchev–Trinajstić information content (AvgIpc) is 3.62. The van der Waals surface area contributed by atoms with Crippen LogP contribution in [0.3, 0.4) is 0 Å². The van der Waals surface area contributed by atoms with Crippen LogP contribution in [0.1, 0.15) is 57.7 Å². The van der Waals surface area contributed by atoms with E-state index in [1.165, 1.54) is 18.3 Å². The number of aromatic nitrogens is 1. The maximum Gasteiger partial charge on any atom is 0.123 e. The van der Waals surface area contributed by atoms with Crippen LogP contribution in [0, 0.1) is 33.9 Å². The van der Waals surface area contributed by atoms with Gasteiger partial charge < -0.3 is 16.1 Å². The number of nitrogens with one attached hydrogen (secondary N) is 4. The minimum Gasteiger partial charge on any atom is -0.383 e. The summed E-state index contributed by atoms with van der Waals surface area (Å²) in [4.78, 5) is 4.41. The van der Waals surface area contributed by atoms with Crippen LogP contribution in [0.15, 0.2) is 54.5 Å². The zero-order valence-corrected chi connectivity index (χ0v) is 21.0. The molecule has 37 heavy (non-hydrogen) atoms. The van der Waals surface area contributed by atoms with Crippen molar-refractivity contribution in [2.45, 2.75) is 45.7 Å². The smallest absolute Gasteiger partial charge is 0.123 e. The van der Waals surface area contributed by atoms with E-state index in [1.54, 1.807) is 24.3 Å². The lowest BCUT2D eigenvalue weighted by Gasteiger charge is -2.23. The molecule has 1 atom stereocenters. The van der Waals surface area contributed by atoms with E-state index in [0.717, 1.165) is 12.8 Å². The van der Waals surface area contributed by atoms with Crippen LogP contribution >= 0.6 is 0 Å². The first-order valence-electron chi connectivity index (χ1n) is 12.7. The molecule has 0 radical (unpaired) electrons. The Morgan fingerprint density at radius 2 is 1.92 bits per heavy atom. The molecule has 1 fully saturated rings. The predicted molar refractivity (Wildman–Crippen MR) is 141 cm³/mol. The van der Waals surface area contributed by atoms with Crippen molar-refractivity contribution in [3.05, 3.63) is 77.0 Å². The Balaban J connectivity index is 1.63. The molecule has 0 bridgehead atoms. The van der Waals surface area contributed by atoms with E-state index in [4.69, 9.17) is 0 Å². The van der Waals surface area contributed by atoms with Crippen molar-refractivity contribution in [3.63, 3.8) is 0 Å². The third-order valence-electron chi connectivity index (χ3n) is 6.21. The summed E-state index contributed by atoms with van der Waals surface area (Å²) in [5.74, 6) is -0.399. The summed E-state index contributed by atoms with van der Waals surface area (Å²) in [5.41, 5.74) is 9.36. The van der Waals surface area contributed by atoms with Gasteiger partial charge >= 0.3 is 0 Å². The molecule has 1 aliphatic carbocycles. The Labute approximate surface area is 217 Å². The largest absolute Gasteiger partial charge is 0.383 e. The van der Waals surface area contributed by atoms with Gasteiger partial charge in [-0.1, -0.05) is 32.9 Å². The summed E-state index contributed by atoms with van der Waals surface area (Å²) < 4.78 is 23.3. The maximum absolute atomic E-state index is 13.8. The molecule has 1 aliphatic heterocycles. The van der Waals surface area contributed by atoms with Gasteiger partial charge in [-0.2, -0.15) is 10.5 Å². The van der Waals surface area contributed by atoms with Crippen molar-refractivity contribution in [2.24, 2.45) is 5.41 Å². The van der Waals surface area contributed by atoms with Crippen molar-refractivity contribution >= 4 is 22.3 Å². The number of pyridine rings is 1. The second kappa shape index (κ2) is 9.61. The normalized spacial score (nSPS) is 17.2. The number of fused-ring (bicyclic) bond motifs is 1. The molecule has 2 aromatic carbocycles. The number of hydrogen-bond acceptors (Lipinski definition) is 8. The van der Waals surface area contributed by atoms with Crippen molar-refractivity contribution in [1.29, 1.82) is 10.5 Å². The Morgan fingerprint density at radius 1 is 1.19 bits per heavy atom. The zero-order valence-electron chi connectivity index (χ0n) is 22.0. The van der Waals surface area contributed by atoms with E-state index >= 15 is 0 Å². The molecule has 5 rings (SSSR count). The molecule has 2 aliphatic rings. The highest BCUT2D eigenvalue weighted by molar-refractivity contribution is 5.99. The first-order chi connectivity index (χ1) is 18.1. The van der Waals surface area contributed by atoms with E-state index < -0.39 is 11.8 Å². The van der Waals surface area contributed by atoms with Crippen molar-refractivity contribution in [1.82, 2.24) is 21.0 Å². The van der Waals surface area contributed by atoms with Gasteiger partial charge in [0.15, 0.2) is 0 Å². The van der Waals surface area contributed by atoms with Crippen LogP contribution in [-0.2, 0) is 0 Å². The van der Waals surface area contributed by atoms with E-state index in [-0.39, 0.29) is 5.41 Å². The number of hydrogen-bond donors (Lipinski definition) is 4. The lowest BCUT2D eigenvalue weighted by Crippen LogP contribution is -2.38. The highest BCUT2D eigenvalue weighted by Gasteiger charge is 2.32. The quantitative estimate of drug-likeness (QED) is 0.359. The number of anilines is 2. The lowest BCUT2D eigenvalue weighted by atomic mass is 9.96. The molecule has 9 heteroatoms. The zero-order chi connectivity index (χ0) is 27.1. The Kier molecular flexibility index (Phi) is 5.99. The summed E-state index contributed by atoms with van der Waals surface area (Å²) in [5, 5.41) is 28.9. The molecule has 8 nitrogen and oxygen atoms in total. The van der Waals surface area contributed by atoms with Crippen molar-refractivity contribution < 1.29 is 5.76 Å². The molecule has 0 saturated heterocycles. The highest BCUT2D eigenvalue weighted by atomic mass is 19.1. The third kappa shape index (κ3) is 5.28. The van der Waals surface area contributed by atoms with Crippen LogP contribution < -0.4 is 21.6 Å². The van der Waals surface area contributed by atoms with Gasteiger partial charge in [-0.25, -0.2) is 4.39 Å². The molecular formula is C28H29FN8. The molecule has 0 amide bonds. The fraction of sp³-hybridized carbons (Fsp3) is 0.321. The highest BCUT2D eigenvalue weighted by Crippen LogP contribution is 2.35. The van der Waals surface area contributed by atoms with Crippen LogP contribution in [0.5, 0.6) is 0 Å². The number of halogens is 1. The van der Waals surface area contributed by atoms with E-state index in [1.807, 2.05) is 11.2 Å². The number of nitrogens with zero attached hydrogens (tertiary/aromatic N) is 4. The lowest BCUT2D eigenvalue weighted by molar-refractivity contribution is 0.260. The minimum atomic E-state index is -1.55. The number of benzene rings is 2. The predicted octanol–water partition coefficient (Wildman–Crippen LogP) is 5.06. The van der Waals surface area contributed by atoms with E-state index in [2.05, 4.69) is 59.5 Å². The van der Waals surface area contributed by atoms with Gasteiger partial charge in [-0.05, 0) is 48.1 Å². The molecule has 1 aromatic heterocycles. The first kappa shape index (κ1) is 23.1. The second-order valence-electron chi connectivity index (χ2n) is 10.5. The molecule has 1 saturated carbocycles. The Hall–Kier alpha value is -4.34. The Bertz CT molecular complexity index is 1490. The number of hydrazine groups is 2. The first-order valence-corrected chi connectivity index (χ1v) is 12.2. The maximum atomic E-state index is 13.8. The molecular weight excluding hydrogens is 467 g/mol. The molecule has 4 N–H and O–H groups in total. The summed E-state index contributed by atoms with van der Waals surface area (Å²) in [6.45, 7) is 6.85. The molecule has 188 valence electrons. The fourth-order valence-electron chi connectivity index (χ4n) is 4.15.